The molecule has 1 amide bonds. The fourth-order valence-corrected chi connectivity index (χ4v) is 3.39. The van der Waals surface area contributed by atoms with Crippen LogP contribution in [0.25, 0.3) is 6.08 Å². The molecule has 2 aromatic carbocycles. The van der Waals surface area contributed by atoms with Crippen molar-refractivity contribution in [2.45, 2.75) is 19.8 Å². The van der Waals surface area contributed by atoms with E-state index in [0.717, 1.165) is 35.5 Å². The Balaban J connectivity index is 1.57. The third-order valence-electron chi connectivity index (χ3n) is 4.84. The fourth-order valence-electron chi connectivity index (χ4n) is 3.39. The molecule has 2 aliphatic heterocycles. The van der Waals surface area contributed by atoms with Gasteiger partial charge in [-0.25, -0.2) is 9.79 Å². The van der Waals surface area contributed by atoms with Crippen molar-refractivity contribution >= 4 is 29.5 Å². The van der Waals surface area contributed by atoms with E-state index >= 15 is 0 Å². The van der Waals surface area contributed by atoms with Gasteiger partial charge in [0.1, 0.15) is 5.75 Å². The largest absolute Gasteiger partial charge is 0.496 e. The maximum atomic E-state index is 12.2. The Labute approximate surface area is 163 Å². The Morgan fingerprint density at radius 1 is 1.14 bits per heavy atom. The highest BCUT2D eigenvalue weighted by molar-refractivity contribution is 6.13. The maximum absolute atomic E-state index is 12.2. The number of anilines is 1. The van der Waals surface area contributed by atoms with Gasteiger partial charge in [-0.2, -0.15) is 0 Å². The van der Waals surface area contributed by atoms with Crippen molar-refractivity contribution in [1.29, 1.82) is 0 Å². The number of methoxy groups -OCH3 is 1. The van der Waals surface area contributed by atoms with Crippen LogP contribution in [0, 0.1) is 6.92 Å². The van der Waals surface area contributed by atoms with E-state index in [2.05, 4.69) is 4.99 Å². The fraction of sp³-hybridized carbons (Fsp3) is 0.227. The molecule has 1 fully saturated rings. The molecule has 0 N–H and O–H groups in total. The summed E-state index contributed by atoms with van der Waals surface area (Å²) in [6.45, 7) is 2.68. The first-order chi connectivity index (χ1) is 13.5. The molecular formula is C22H20N2O4. The number of benzene rings is 2. The van der Waals surface area contributed by atoms with Gasteiger partial charge in [0.05, 0.1) is 7.11 Å². The predicted molar refractivity (Wildman–Crippen MR) is 106 cm³/mol. The minimum Gasteiger partial charge on any atom is -0.496 e. The molecule has 2 aliphatic rings. The number of aryl methyl sites for hydroxylation is 1. The van der Waals surface area contributed by atoms with Crippen molar-refractivity contribution in [2.75, 3.05) is 18.6 Å². The highest BCUT2D eigenvalue weighted by atomic mass is 16.6. The first-order valence-electron chi connectivity index (χ1n) is 9.13. The number of hydrogen-bond donors (Lipinski definition) is 0. The molecular weight excluding hydrogens is 356 g/mol. The zero-order valence-electron chi connectivity index (χ0n) is 15.8. The van der Waals surface area contributed by atoms with Gasteiger partial charge >= 0.3 is 5.97 Å². The molecule has 0 aromatic heterocycles. The number of carbonyl (C=O) groups is 2. The van der Waals surface area contributed by atoms with Gasteiger partial charge in [0, 0.05) is 24.2 Å². The zero-order chi connectivity index (χ0) is 19.7. The molecule has 6 nitrogen and oxygen atoms in total. The number of hydrogen-bond acceptors (Lipinski definition) is 5. The van der Waals surface area contributed by atoms with E-state index < -0.39 is 5.97 Å². The van der Waals surface area contributed by atoms with Crippen molar-refractivity contribution in [3.8, 4) is 5.75 Å². The predicted octanol–water partition coefficient (Wildman–Crippen LogP) is 3.47. The van der Waals surface area contributed by atoms with Crippen molar-refractivity contribution in [3.05, 3.63) is 64.9 Å². The van der Waals surface area contributed by atoms with Crippen LogP contribution in [0.2, 0.25) is 0 Å². The normalized spacial score (nSPS) is 17.9. The molecule has 4 rings (SSSR count). The van der Waals surface area contributed by atoms with E-state index in [4.69, 9.17) is 9.47 Å². The van der Waals surface area contributed by atoms with Crippen LogP contribution in [-0.4, -0.2) is 31.4 Å². The average molecular weight is 376 g/mol. The van der Waals surface area contributed by atoms with Gasteiger partial charge in [0.2, 0.25) is 11.8 Å². The standard InChI is InChI=1S/C22H20N2O4/c1-14-12-15(5-10-19(14)27-2)13-18-22(26)28-21(23-18)16-6-8-17(9-7-16)24-11-3-4-20(24)25/h5-10,12-13H,3-4,11H2,1-2H3/b18-13+. The minimum atomic E-state index is -0.484. The highest BCUT2D eigenvalue weighted by Gasteiger charge is 2.25. The van der Waals surface area contributed by atoms with E-state index in [1.54, 1.807) is 18.1 Å². The molecule has 142 valence electrons. The summed E-state index contributed by atoms with van der Waals surface area (Å²) in [5.74, 6) is 0.706. The Morgan fingerprint density at radius 2 is 1.93 bits per heavy atom. The van der Waals surface area contributed by atoms with Gasteiger partial charge in [-0.05, 0) is 66.9 Å². The zero-order valence-corrected chi connectivity index (χ0v) is 15.8. The quantitative estimate of drug-likeness (QED) is 0.605. The monoisotopic (exact) mass is 376 g/mol. The van der Waals surface area contributed by atoms with Crippen LogP contribution in [0.3, 0.4) is 0 Å². The summed E-state index contributed by atoms with van der Waals surface area (Å²) in [5, 5.41) is 0. The van der Waals surface area contributed by atoms with Crippen molar-refractivity contribution in [1.82, 2.24) is 0 Å². The number of aliphatic imine (C=N–C) groups is 1. The van der Waals surface area contributed by atoms with Crippen LogP contribution in [0.1, 0.15) is 29.5 Å². The van der Waals surface area contributed by atoms with Crippen LogP contribution in [0.5, 0.6) is 5.75 Å². The van der Waals surface area contributed by atoms with E-state index in [-0.39, 0.29) is 17.5 Å². The number of rotatable bonds is 4. The summed E-state index contributed by atoms with van der Waals surface area (Å²) in [5.41, 5.74) is 3.61. The van der Waals surface area contributed by atoms with Gasteiger partial charge in [0.15, 0.2) is 5.70 Å². The Hall–Kier alpha value is -3.41. The Kier molecular flexibility index (Phi) is 4.69. The number of esters is 1. The number of nitrogens with zero attached hydrogens (tertiary/aromatic N) is 2. The SMILES string of the molecule is COc1ccc(/C=C2/N=C(c3ccc(N4CCCC4=O)cc3)OC2=O)cc1C. The van der Waals surface area contributed by atoms with Crippen molar-refractivity contribution < 1.29 is 19.1 Å². The summed E-state index contributed by atoms with van der Waals surface area (Å²) in [6.07, 6.45) is 3.16. The summed E-state index contributed by atoms with van der Waals surface area (Å²) in [6, 6.07) is 13.0. The second-order valence-corrected chi connectivity index (χ2v) is 6.76. The molecule has 0 radical (unpaired) electrons. The number of carbonyl (C=O) groups excluding carboxylic acids is 2. The smallest absolute Gasteiger partial charge is 0.363 e. The minimum absolute atomic E-state index is 0.136. The molecule has 2 heterocycles. The Morgan fingerprint density at radius 3 is 2.57 bits per heavy atom. The molecule has 2 aromatic rings. The molecule has 6 heteroatoms. The van der Waals surface area contributed by atoms with Crippen molar-refractivity contribution in [3.63, 3.8) is 0 Å². The topological polar surface area (TPSA) is 68.2 Å². The second-order valence-electron chi connectivity index (χ2n) is 6.76. The molecule has 28 heavy (non-hydrogen) atoms. The maximum Gasteiger partial charge on any atom is 0.363 e. The van der Waals surface area contributed by atoms with Gasteiger partial charge in [-0.1, -0.05) is 6.07 Å². The van der Waals surface area contributed by atoms with E-state index in [1.807, 2.05) is 49.4 Å². The van der Waals surface area contributed by atoms with Crippen LogP contribution >= 0.6 is 0 Å². The van der Waals surface area contributed by atoms with Crippen LogP contribution in [-0.2, 0) is 14.3 Å². The first-order valence-corrected chi connectivity index (χ1v) is 9.13. The lowest BCUT2D eigenvalue weighted by Crippen LogP contribution is -2.23. The number of ether oxygens (including phenoxy) is 2. The van der Waals surface area contributed by atoms with Gasteiger partial charge in [-0.15, -0.1) is 0 Å². The van der Waals surface area contributed by atoms with E-state index in [1.165, 1.54) is 0 Å². The van der Waals surface area contributed by atoms with Crippen LogP contribution in [0.15, 0.2) is 53.2 Å². The van der Waals surface area contributed by atoms with Crippen molar-refractivity contribution in [2.24, 2.45) is 4.99 Å². The molecule has 0 bridgehead atoms. The molecule has 1 saturated heterocycles. The molecule has 0 atom stereocenters. The summed E-state index contributed by atoms with van der Waals surface area (Å²) >= 11 is 0. The molecule has 0 spiro atoms. The van der Waals surface area contributed by atoms with E-state index in [9.17, 15) is 9.59 Å². The van der Waals surface area contributed by atoms with Gasteiger partial charge < -0.3 is 14.4 Å². The van der Waals surface area contributed by atoms with Crippen LogP contribution in [0.4, 0.5) is 5.69 Å². The molecule has 0 unspecified atom stereocenters. The number of cyclic esters (lactones) is 1. The average Bonchev–Trinajstić information content (AvgIpc) is 3.28. The molecule has 0 aliphatic carbocycles. The number of amides is 1. The molecule has 0 saturated carbocycles. The summed E-state index contributed by atoms with van der Waals surface area (Å²) < 4.78 is 10.6. The van der Waals surface area contributed by atoms with E-state index in [0.29, 0.717) is 12.0 Å². The summed E-state index contributed by atoms with van der Waals surface area (Å²) in [4.78, 5) is 30.2. The van der Waals surface area contributed by atoms with Gasteiger partial charge in [0.25, 0.3) is 0 Å². The van der Waals surface area contributed by atoms with Crippen LogP contribution < -0.4 is 9.64 Å². The lowest BCUT2D eigenvalue weighted by atomic mass is 10.1. The van der Waals surface area contributed by atoms with Gasteiger partial charge in [-0.3, -0.25) is 4.79 Å². The summed E-state index contributed by atoms with van der Waals surface area (Å²) in [7, 11) is 1.62. The first kappa shape index (κ1) is 18.0. The highest BCUT2D eigenvalue weighted by Crippen LogP contribution is 2.25. The Bertz CT molecular complexity index is 1010. The third kappa shape index (κ3) is 3.41. The third-order valence-corrected chi connectivity index (χ3v) is 4.84. The lowest BCUT2D eigenvalue weighted by Gasteiger charge is -2.15. The second kappa shape index (κ2) is 7.31. The lowest BCUT2D eigenvalue weighted by molar-refractivity contribution is -0.130.